The van der Waals surface area contributed by atoms with Crippen LogP contribution in [0.2, 0.25) is 5.02 Å². The molecule has 1 aromatic heterocycles. The van der Waals surface area contributed by atoms with Crippen LogP contribution >= 0.6 is 22.9 Å². The van der Waals surface area contributed by atoms with E-state index < -0.39 is 17.4 Å². The first kappa shape index (κ1) is 17.2. The van der Waals surface area contributed by atoms with E-state index in [0.717, 1.165) is 30.6 Å². The van der Waals surface area contributed by atoms with Crippen molar-refractivity contribution < 1.29 is 18.7 Å². The van der Waals surface area contributed by atoms with Crippen LogP contribution in [0.1, 0.15) is 41.8 Å². The van der Waals surface area contributed by atoms with Crippen LogP contribution in [0.25, 0.3) is 10.1 Å². The molecule has 1 aliphatic carbocycles. The Balaban J connectivity index is 1.93. The van der Waals surface area contributed by atoms with Gasteiger partial charge in [0.2, 0.25) is 0 Å². The summed E-state index contributed by atoms with van der Waals surface area (Å²) >= 11 is 7.41. The summed E-state index contributed by atoms with van der Waals surface area (Å²) in [7, 11) is 1.32. The quantitative estimate of drug-likeness (QED) is 0.821. The maximum atomic E-state index is 13.4. The van der Waals surface area contributed by atoms with Gasteiger partial charge in [-0.05, 0) is 31.0 Å². The first-order chi connectivity index (χ1) is 11.5. The van der Waals surface area contributed by atoms with Crippen molar-refractivity contribution in [3.05, 3.63) is 33.9 Å². The Labute approximate surface area is 147 Å². The topological polar surface area (TPSA) is 55.4 Å². The van der Waals surface area contributed by atoms with E-state index in [2.05, 4.69) is 5.32 Å². The summed E-state index contributed by atoms with van der Waals surface area (Å²) in [5, 5.41) is 3.74. The number of benzene rings is 1. The van der Waals surface area contributed by atoms with Crippen molar-refractivity contribution in [2.45, 2.75) is 37.6 Å². The zero-order chi connectivity index (χ0) is 17.3. The number of carbonyl (C=O) groups excluding carboxylic acids is 2. The third kappa shape index (κ3) is 3.00. The minimum absolute atomic E-state index is 0.281. The molecule has 1 N–H and O–H groups in total. The summed E-state index contributed by atoms with van der Waals surface area (Å²) in [6.07, 6.45) is 3.81. The maximum absolute atomic E-state index is 13.4. The van der Waals surface area contributed by atoms with Crippen LogP contribution in [0.15, 0.2) is 18.2 Å². The third-order valence-electron chi connectivity index (χ3n) is 4.43. The summed E-state index contributed by atoms with van der Waals surface area (Å²) < 4.78 is 18.9. The highest BCUT2D eigenvalue weighted by Crippen LogP contribution is 2.37. The highest BCUT2D eigenvalue weighted by atomic mass is 35.5. The number of hydrogen-bond donors (Lipinski definition) is 1. The second-order valence-corrected chi connectivity index (χ2v) is 7.40. The van der Waals surface area contributed by atoms with Gasteiger partial charge in [0, 0.05) is 10.1 Å². The number of carbonyl (C=O) groups is 2. The Hall–Kier alpha value is -1.66. The van der Waals surface area contributed by atoms with Crippen molar-refractivity contribution in [2.75, 3.05) is 7.11 Å². The van der Waals surface area contributed by atoms with Gasteiger partial charge in [-0.15, -0.1) is 11.3 Å². The summed E-state index contributed by atoms with van der Waals surface area (Å²) in [4.78, 5) is 25.3. The van der Waals surface area contributed by atoms with Crippen LogP contribution in [0.4, 0.5) is 4.39 Å². The van der Waals surface area contributed by atoms with Crippen molar-refractivity contribution in [1.29, 1.82) is 0 Å². The summed E-state index contributed by atoms with van der Waals surface area (Å²) in [5.74, 6) is -1.24. The largest absolute Gasteiger partial charge is 0.467 e. The molecule has 0 bridgehead atoms. The molecule has 1 saturated carbocycles. The molecular weight excluding hydrogens is 353 g/mol. The second-order valence-electron chi connectivity index (χ2n) is 5.97. The van der Waals surface area contributed by atoms with Crippen LogP contribution in [0.5, 0.6) is 0 Å². The molecule has 1 aromatic carbocycles. The molecule has 7 heteroatoms. The lowest BCUT2D eigenvalue weighted by atomic mass is 9.81. The van der Waals surface area contributed by atoms with Gasteiger partial charge >= 0.3 is 5.97 Å². The third-order valence-corrected chi connectivity index (χ3v) is 6.09. The van der Waals surface area contributed by atoms with Gasteiger partial charge in [-0.2, -0.15) is 0 Å². The summed E-state index contributed by atoms with van der Waals surface area (Å²) in [5.41, 5.74) is -1.01. The van der Waals surface area contributed by atoms with Gasteiger partial charge in [0.25, 0.3) is 5.91 Å². The number of rotatable bonds is 3. The van der Waals surface area contributed by atoms with Crippen LogP contribution in [0.3, 0.4) is 0 Å². The normalized spacial score (nSPS) is 16.8. The Morgan fingerprint density at radius 1 is 1.29 bits per heavy atom. The monoisotopic (exact) mass is 369 g/mol. The lowest BCUT2D eigenvalue weighted by Crippen LogP contribution is -2.56. The number of amides is 1. The lowest BCUT2D eigenvalue weighted by Gasteiger charge is -2.35. The van der Waals surface area contributed by atoms with Crippen LogP contribution in [-0.4, -0.2) is 24.5 Å². The highest BCUT2D eigenvalue weighted by molar-refractivity contribution is 7.21. The lowest BCUT2D eigenvalue weighted by molar-refractivity contribution is -0.149. The first-order valence-corrected chi connectivity index (χ1v) is 8.95. The van der Waals surface area contributed by atoms with Crippen LogP contribution < -0.4 is 5.32 Å². The Kier molecular flexibility index (Phi) is 4.78. The fourth-order valence-electron chi connectivity index (χ4n) is 3.19. The molecule has 1 aliphatic rings. The molecule has 24 heavy (non-hydrogen) atoms. The molecular formula is C17H17ClFNO3S. The Bertz CT molecular complexity index is 798. The molecule has 0 atom stereocenters. The second kappa shape index (κ2) is 6.69. The van der Waals surface area contributed by atoms with Crippen molar-refractivity contribution in [3.8, 4) is 0 Å². The van der Waals surface area contributed by atoms with E-state index in [0.29, 0.717) is 22.9 Å². The van der Waals surface area contributed by atoms with E-state index in [9.17, 15) is 14.0 Å². The van der Waals surface area contributed by atoms with Gasteiger partial charge in [0.15, 0.2) is 0 Å². The number of halogens is 2. The molecule has 0 aliphatic heterocycles. The zero-order valence-electron chi connectivity index (χ0n) is 13.2. The molecule has 0 unspecified atom stereocenters. The van der Waals surface area contributed by atoms with Crippen LogP contribution in [-0.2, 0) is 9.53 Å². The van der Waals surface area contributed by atoms with E-state index in [1.165, 1.54) is 19.2 Å². The van der Waals surface area contributed by atoms with Crippen molar-refractivity contribution >= 4 is 44.9 Å². The van der Waals surface area contributed by atoms with Crippen molar-refractivity contribution in [1.82, 2.24) is 5.32 Å². The molecule has 1 fully saturated rings. The molecule has 0 radical (unpaired) electrons. The number of hydrogen-bond acceptors (Lipinski definition) is 4. The number of esters is 1. The predicted molar refractivity (Wildman–Crippen MR) is 92.1 cm³/mol. The van der Waals surface area contributed by atoms with E-state index >= 15 is 0 Å². The minimum atomic E-state index is -1.01. The number of nitrogens with one attached hydrogen (secondary N) is 1. The van der Waals surface area contributed by atoms with Gasteiger partial charge in [-0.1, -0.05) is 30.9 Å². The van der Waals surface area contributed by atoms with E-state index in [1.54, 1.807) is 6.07 Å². The first-order valence-electron chi connectivity index (χ1n) is 7.75. The van der Waals surface area contributed by atoms with Gasteiger partial charge in [0.05, 0.1) is 12.1 Å². The predicted octanol–water partition coefficient (Wildman–Crippen LogP) is 4.30. The van der Waals surface area contributed by atoms with E-state index in [4.69, 9.17) is 16.3 Å². The Morgan fingerprint density at radius 2 is 2.00 bits per heavy atom. The van der Waals surface area contributed by atoms with Crippen molar-refractivity contribution in [3.63, 3.8) is 0 Å². The molecule has 1 heterocycles. The smallest absolute Gasteiger partial charge is 0.331 e. The van der Waals surface area contributed by atoms with Gasteiger partial charge < -0.3 is 10.1 Å². The zero-order valence-corrected chi connectivity index (χ0v) is 14.7. The maximum Gasteiger partial charge on any atom is 0.331 e. The molecule has 4 nitrogen and oxygen atoms in total. The van der Waals surface area contributed by atoms with E-state index in [1.807, 2.05) is 0 Å². The van der Waals surface area contributed by atoms with Gasteiger partial charge in [-0.25, -0.2) is 9.18 Å². The van der Waals surface area contributed by atoms with Crippen LogP contribution in [0, 0.1) is 5.82 Å². The number of fused-ring (bicyclic) bond motifs is 1. The number of methoxy groups -OCH3 is 1. The van der Waals surface area contributed by atoms with E-state index in [-0.39, 0.29) is 15.7 Å². The molecule has 0 saturated heterocycles. The average molecular weight is 370 g/mol. The molecule has 3 rings (SSSR count). The SMILES string of the molecule is COC(=O)C1(NC(=O)c2sc3cc(F)ccc3c2Cl)CCCCC1. The summed E-state index contributed by atoms with van der Waals surface area (Å²) in [6.45, 7) is 0. The van der Waals surface area contributed by atoms with Gasteiger partial charge in [-0.3, -0.25) is 4.79 Å². The molecule has 128 valence electrons. The summed E-state index contributed by atoms with van der Waals surface area (Å²) in [6, 6.07) is 4.20. The van der Waals surface area contributed by atoms with Gasteiger partial charge in [0.1, 0.15) is 16.2 Å². The average Bonchev–Trinajstić information content (AvgIpc) is 2.91. The highest BCUT2D eigenvalue weighted by Gasteiger charge is 2.42. The number of ether oxygens (including phenoxy) is 1. The minimum Gasteiger partial charge on any atom is -0.467 e. The Morgan fingerprint density at radius 3 is 2.67 bits per heavy atom. The standard InChI is InChI=1S/C17H17ClFNO3S/c1-23-16(22)17(7-3-2-4-8-17)20-15(21)14-13(18)11-6-5-10(19)9-12(11)24-14/h5-6,9H,2-4,7-8H2,1H3,(H,20,21). The molecule has 0 spiro atoms. The van der Waals surface area contributed by atoms with Crippen molar-refractivity contribution in [2.24, 2.45) is 0 Å². The number of thiophene rings is 1. The molecule has 2 aromatic rings. The fraction of sp³-hybridized carbons (Fsp3) is 0.412. The molecule has 1 amide bonds. The fourth-order valence-corrected chi connectivity index (χ4v) is 4.63.